The molecule has 0 amide bonds. The first-order valence-corrected chi connectivity index (χ1v) is 3.27. The molecule has 1 unspecified atom stereocenters. The molecule has 1 aromatic carbocycles. The predicted octanol–water partition coefficient (Wildman–Crippen LogP) is 1.62. The Bertz CT molecular complexity index is 237. The Labute approximate surface area is 64.8 Å². The second kappa shape index (κ2) is 3.34. The SMILES string of the molecule is COc1cccc(C(N)F)c1. The Morgan fingerprint density at radius 3 is 2.82 bits per heavy atom. The van der Waals surface area contributed by atoms with Crippen LogP contribution in [0.1, 0.15) is 11.9 Å². The van der Waals surface area contributed by atoms with Crippen LogP contribution in [-0.4, -0.2) is 7.11 Å². The summed E-state index contributed by atoms with van der Waals surface area (Å²) in [5, 5.41) is 0. The molecule has 60 valence electrons. The summed E-state index contributed by atoms with van der Waals surface area (Å²) in [5.41, 5.74) is 5.45. The van der Waals surface area contributed by atoms with Crippen molar-refractivity contribution in [2.24, 2.45) is 5.73 Å². The standard InChI is InChI=1S/C8H10FNO/c1-11-7-4-2-3-6(5-7)8(9)10/h2-5,8H,10H2,1H3. The Kier molecular flexibility index (Phi) is 2.44. The highest BCUT2D eigenvalue weighted by Crippen LogP contribution is 2.17. The summed E-state index contributed by atoms with van der Waals surface area (Å²) in [4.78, 5) is 0. The summed E-state index contributed by atoms with van der Waals surface area (Å²) in [7, 11) is 1.53. The van der Waals surface area contributed by atoms with E-state index in [1.807, 2.05) is 0 Å². The van der Waals surface area contributed by atoms with Crippen molar-refractivity contribution in [3.63, 3.8) is 0 Å². The molecule has 0 heterocycles. The highest BCUT2D eigenvalue weighted by Gasteiger charge is 2.02. The fourth-order valence-electron chi connectivity index (χ4n) is 0.813. The summed E-state index contributed by atoms with van der Waals surface area (Å²) in [5.74, 6) is 0.621. The van der Waals surface area contributed by atoms with Gasteiger partial charge in [-0.1, -0.05) is 12.1 Å². The van der Waals surface area contributed by atoms with E-state index < -0.39 is 6.30 Å². The quantitative estimate of drug-likeness (QED) is 0.658. The largest absolute Gasteiger partial charge is 0.497 e. The fourth-order valence-corrected chi connectivity index (χ4v) is 0.813. The Morgan fingerprint density at radius 2 is 2.27 bits per heavy atom. The van der Waals surface area contributed by atoms with E-state index in [1.54, 1.807) is 24.3 Å². The molecular weight excluding hydrogens is 145 g/mol. The molecule has 0 fully saturated rings. The Balaban J connectivity index is 2.91. The molecule has 1 rings (SSSR count). The third-order valence-corrected chi connectivity index (χ3v) is 1.41. The third kappa shape index (κ3) is 1.91. The van der Waals surface area contributed by atoms with E-state index in [4.69, 9.17) is 10.5 Å². The van der Waals surface area contributed by atoms with Crippen LogP contribution in [0.2, 0.25) is 0 Å². The zero-order valence-corrected chi connectivity index (χ0v) is 6.25. The summed E-state index contributed by atoms with van der Waals surface area (Å²) in [6.45, 7) is 0. The van der Waals surface area contributed by atoms with Crippen molar-refractivity contribution < 1.29 is 9.13 Å². The molecule has 3 heteroatoms. The lowest BCUT2D eigenvalue weighted by Gasteiger charge is -2.03. The van der Waals surface area contributed by atoms with Crippen LogP contribution in [0.4, 0.5) is 4.39 Å². The second-order valence-corrected chi connectivity index (χ2v) is 2.18. The molecule has 1 atom stereocenters. The van der Waals surface area contributed by atoms with Gasteiger partial charge in [0, 0.05) is 5.56 Å². The average molecular weight is 155 g/mol. The van der Waals surface area contributed by atoms with Gasteiger partial charge in [-0.05, 0) is 12.1 Å². The maximum atomic E-state index is 12.5. The van der Waals surface area contributed by atoms with E-state index in [-0.39, 0.29) is 0 Å². The smallest absolute Gasteiger partial charge is 0.174 e. The van der Waals surface area contributed by atoms with E-state index in [1.165, 1.54) is 7.11 Å². The van der Waals surface area contributed by atoms with E-state index >= 15 is 0 Å². The lowest BCUT2D eigenvalue weighted by Crippen LogP contribution is -2.02. The summed E-state index contributed by atoms with van der Waals surface area (Å²) >= 11 is 0. The molecule has 0 aliphatic rings. The number of rotatable bonds is 2. The van der Waals surface area contributed by atoms with Crippen LogP contribution in [0, 0.1) is 0 Å². The van der Waals surface area contributed by atoms with Crippen LogP contribution in [0.3, 0.4) is 0 Å². The monoisotopic (exact) mass is 155 g/mol. The van der Waals surface area contributed by atoms with Crippen LogP contribution in [0.25, 0.3) is 0 Å². The zero-order chi connectivity index (χ0) is 8.27. The van der Waals surface area contributed by atoms with Gasteiger partial charge in [0.25, 0.3) is 0 Å². The number of alkyl halides is 1. The molecule has 1 aromatic rings. The van der Waals surface area contributed by atoms with Crippen molar-refractivity contribution in [3.8, 4) is 5.75 Å². The van der Waals surface area contributed by atoms with Gasteiger partial charge in [-0.25, -0.2) is 4.39 Å². The van der Waals surface area contributed by atoms with Crippen molar-refractivity contribution in [2.45, 2.75) is 6.30 Å². The normalized spacial score (nSPS) is 12.6. The van der Waals surface area contributed by atoms with Gasteiger partial charge in [0.1, 0.15) is 5.75 Å². The third-order valence-electron chi connectivity index (χ3n) is 1.41. The van der Waals surface area contributed by atoms with Crippen LogP contribution in [0.15, 0.2) is 24.3 Å². The van der Waals surface area contributed by atoms with E-state index in [0.29, 0.717) is 11.3 Å². The van der Waals surface area contributed by atoms with Gasteiger partial charge in [0.2, 0.25) is 0 Å². The highest BCUT2D eigenvalue weighted by atomic mass is 19.1. The maximum absolute atomic E-state index is 12.5. The second-order valence-electron chi connectivity index (χ2n) is 2.18. The molecule has 0 saturated heterocycles. The van der Waals surface area contributed by atoms with Crippen molar-refractivity contribution in [3.05, 3.63) is 29.8 Å². The number of nitrogens with two attached hydrogens (primary N) is 1. The molecule has 2 N–H and O–H groups in total. The summed E-state index contributed by atoms with van der Waals surface area (Å²) in [6, 6.07) is 6.64. The molecule has 0 aliphatic heterocycles. The molecule has 11 heavy (non-hydrogen) atoms. The minimum absolute atomic E-state index is 0.435. The lowest BCUT2D eigenvalue weighted by atomic mass is 10.2. The summed E-state index contributed by atoms with van der Waals surface area (Å²) < 4.78 is 17.4. The number of ether oxygens (including phenoxy) is 1. The van der Waals surface area contributed by atoms with Gasteiger partial charge in [-0.3, -0.25) is 5.73 Å². The van der Waals surface area contributed by atoms with Crippen molar-refractivity contribution >= 4 is 0 Å². The molecule has 0 radical (unpaired) electrons. The van der Waals surface area contributed by atoms with Crippen LogP contribution >= 0.6 is 0 Å². The Hall–Kier alpha value is -1.09. The molecule has 0 spiro atoms. The van der Waals surface area contributed by atoms with Gasteiger partial charge in [-0.2, -0.15) is 0 Å². The minimum Gasteiger partial charge on any atom is -0.497 e. The topological polar surface area (TPSA) is 35.2 Å². The number of methoxy groups -OCH3 is 1. The van der Waals surface area contributed by atoms with Gasteiger partial charge in [0.15, 0.2) is 6.30 Å². The van der Waals surface area contributed by atoms with Crippen molar-refractivity contribution in [1.29, 1.82) is 0 Å². The number of hydrogen-bond acceptors (Lipinski definition) is 2. The molecule has 2 nitrogen and oxygen atoms in total. The van der Waals surface area contributed by atoms with Crippen molar-refractivity contribution in [1.82, 2.24) is 0 Å². The average Bonchev–Trinajstić information content (AvgIpc) is 2.05. The Morgan fingerprint density at radius 1 is 1.55 bits per heavy atom. The first-order valence-electron chi connectivity index (χ1n) is 3.27. The molecule has 0 bridgehead atoms. The molecule has 0 saturated carbocycles. The van der Waals surface area contributed by atoms with Gasteiger partial charge >= 0.3 is 0 Å². The van der Waals surface area contributed by atoms with Gasteiger partial charge < -0.3 is 4.74 Å². The van der Waals surface area contributed by atoms with Crippen LogP contribution in [-0.2, 0) is 0 Å². The lowest BCUT2D eigenvalue weighted by molar-refractivity contribution is 0.352. The first kappa shape index (κ1) is 8.01. The molecule has 0 aromatic heterocycles. The molecule has 0 aliphatic carbocycles. The highest BCUT2D eigenvalue weighted by molar-refractivity contribution is 5.29. The van der Waals surface area contributed by atoms with E-state index in [9.17, 15) is 4.39 Å². The number of halogens is 1. The van der Waals surface area contributed by atoms with E-state index in [0.717, 1.165) is 0 Å². The fraction of sp³-hybridized carbons (Fsp3) is 0.250. The van der Waals surface area contributed by atoms with Crippen LogP contribution < -0.4 is 10.5 Å². The molecular formula is C8H10FNO. The predicted molar refractivity (Wildman–Crippen MR) is 41.0 cm³/mol. The maximum Gasteiger partial charge on any atom is 0.174 e. The summed E-state index contributed by atoms with van der Waals surface area (Å²) in [6.07, 6.45) is -1.43. The minimum atomic E-state index is -1.43. The van der Waals surface area contributed by atoms with Gasteiger partial charge in [-0.15, -0.1) is 0 Å². The zero-order valence-electron chi connectivity index (χ0n) is 6.25. The number of hydrogen-bond donors (Lipinski definition) is 1. The number of benzene rings is 1. The van der Waals surface area contributed by atoms with Crippen molar-refractivity contribution in [2.75, 3.05) is 7.11 Å². The van der Waals surface area contributed by atoms with Crippen LogP contribution in [0.5, 0.6) is 5.75 Å². The van der Waals surface area contributed by atoms with Gasteiger partial charge in [0.05, 0.1) is 7.11 Å². The van der Waals surface area contributed by atoms with E-state index in [2.05, 4.69) is 0 Å². The first-order chi connectivity index (χ1) is 5.24.